The van der Waals surface area contributed by atoms with Gasteiger partial charge in [-0.15, -0.1) is 0 Å². The highest BCUT2D eigenvalue weighted by molar-refractivity contribution is 14.1. The van der Waals surface area contributed by atoms with Crippen molar-refractivity contribution in [3.63, 3.8) is 0 Å². The van der Waals surface area contributed by atoms with E-state index in [4.69, 9.17) is 21.1 Å². The van der Waals surface area contributed by atoms with Gasteiger partial charge in [-0.05, 0) is 58.0 Å². The Morgan fingerprint density at radius 2 is 1.94 bits per heavy atom. The molecule has 170 valence electrons. The van der Waals surface area contributed by atoms with Crippen LogP contribution in [0.15, 0.2) is 65.8 Å². The SMILES string of the molecule is COc1cc(/C=N\NC(=O)Cc2ccccc2[N+](=O)[O-])cc(I)c1OCc1ccc(Cl)cc1. The third kappa shape index (κ3) is 6.90. The summed E-state index contributed by atoms with van der Waals surface area (Å²) < 4.78 is 12.2. The van der Waals surface area contributed by atoms with Gasteiger partial charge in [0.2, 0.25) is 5.91 Å². The molecular weight excluding hydrogens is 561 g/mol. The number of nitro groups is 1. The van der Waals surface area contributed by atoms with Crippen LogP contribution in [0, 0.1) is 13.7 Å². The Balaban J connectivity index is 1.65. The first-order valence-corrected chi connectivity index (χ1v) is 11.1. The van der Waals surface area contributed by atoms with Crippen LogP contribution >= 0.6 is 34.2 Å². The summed E-state index contributed by atoms with van der Waals surface area (Å²) in [5, 5.41) is 15.7. The number of nitrogens with one attached hydrogen (secondary N) is 1. The molecule has 0 heterocycles. The third-order valence-corrected chi connectivity index (χ3v) is 5.54. The van der Waals surface area contributed by atoms with E-state index in [1.807, 2.05) is 18.2 Å². The lowest BCUT2D eigenvalue weighted by Gasteiger charge is -2.13. The molecule has 1 N–H and O–H groups in total. The Bertz CT molecular complexity index is 1190. The van der Waals surface area contributed by atoms with Gasteiger partial charge < -0.3 is 9.47 Å². The monoisotopic (exact) mass is 579 g/mol. The predicted octanol–water partition coefficient (Wildman–Crippen LogP) is 5.13. The molecular formula is C23H19ClIN3O5. The number of hydrogen-bond acceptors (Lipinski definition) is 6. The van der Waals surface area contributed by atoms with E-state index in [-0.39, 0.29) is 12.1 Å². The zero-order valence-electron chi connectivity index (χ0n) is 17.5. The van der Waals surface area contributed by atoms with Crippen LogP contribution in [0.1, 0.15) is 16.7 Å². The first-order valence-electron chi connectivity index (χ1n) is 9.66. The number of nitro benzene ring substituents is 1. The van der Waals surface area contributed by atoms with Crippen LogP contribution in [0.25, 0.3) is 0 Å². The Morgan fingerprint density at radius 3 is 2.64 bits per heavy atom. The summed E-state index contributed by atoms with van der Waals surface area (Å²) in [6.45, 7) is 0.346. The van der Waals surface area contributed by atoms with Gasteiger partial charge in [0.05, 0.1) is 28.2 Å². The fourth-order valence-electron chi connectivity index (χ4n) is 2.92. The van der Waals surface area contributed by atoms with Gasteiger partial charge in [-0.3, -0.25) is 14.9 Å². The second-order valence-electron chi connectivity index (χ2n) is 6.81. The fourth-order valence-corrected chi connectivity index (χ4v) is 3.83. The van der Waals surface area contributed by atoms with E-state index in [0.717, 1.165) is 9.13 Å². The molecule has 0 saturated carbocycles. The average molecular weight is 580 g/mol. The van der Waals surface area contributed by atoms with Crippen LogP contribution in [0.2, 0.25) is 5.02 Å². The number of carbonyl (C=O) groups is 1. The number of halogens is 2. The number of carbonyl (C=O) groups excluding carboxylic acids is 1. The van der Waals surface area contributed by atoms with Gasteiger partial charge in [-0.1, -0.05) is 41.9 Å². The zero-order valence-corrected chi connectivity index (χ0v) is 20.4. The topological polar surface area (TPSA) is 103 Å². The van der Waals surface area contributed by atoms with Crippen molar-refractivity contribution in [2.45, 2.75) is 13.0 Å². The summed E-state index contributed by atoms with van der Waals surface area (Å²) >= 11 is 8.05. The smallest absolute Gasteiger partial charge is 0.273 e. The molecule has 10 heteroatoms. The van der Waals surface area contributed by atoms with Crippen molar-refractivity contribution in [3.05, 3.63) is 96.1 Å². The summed E-state index contributed by atoms with van der Waals surface area (Å²) in [7, 11) is 1.54. The van der Waals surface area contributed by atoms with Gasteiger partial charge in [0.15, 0.2) is 11.5 Å². The summed E-state index contributed by atoms with van der Waals surface area (Å²) in [4.78, 5) is 22.7. The Hall–Kier alpha value is -3.18. The molecule has 3 aromatic carbocycles. The molecule has 0 aliphatic carbocycles. The van der Waals surface area contributed by atoms with E-state index in [1.54, 1.807) is 30.3 Å². The lowest BCUT2D eigenvalue weighted by atomic mass is 10.1. The van der Waals surface area contributed by atoms with E-state index >= 15 is 0 Å². The fraction of sp³-hybridized carbons (Fsp3) is 0.130. The van der Waals surface area contributed by atoms with Crippen molar-refractivity contribution < 1.29 is 19.2 Å². The van der Waals surface area contributed by atoms with Crippen LogP contribution in [0.5, 0.6) is 11.5 Å². The highest BCUT2D eigenvalue weighted by atomic mass is 127. The van der Waals surface area contributed by atoms with Crippen LogP contribution in [-0.2, 0) is 17.8 Å². The minimum atomic E-state index is -0.517. The molecule has 3 rings (SSSR count). The number of methoxy groups -OCH3 is 1. The van der Waals surface area contributed by atoms with Crippen molar-refractivity contribution >= 4 is 52.0 Å². The predicted molar refractivity (Wildman–Crippen MR) is 134 cm³/mol. The van der Waals surface area contributed by atoms with Gasteiger partial charge >= 0.3 is 0 Å². The lowest BCUT2D eigenvalue weighted by molar-refractivity contribution is -0.385. The average Bonchev–Trinajstić information content (AvgIpc) is 2.79. The molecule has 0 spiro atoms. The van der Waals surface area contributed by atoms with Crippen molar-refractivity contribution in [3.8, 4) is 11.5 Å². The van der Waals surface area contributed by atoms with Crippen LogP contribution in [0.3, 0.4) is 0 Å². The van der Waals surface area contributed by atoms with E-state index in [9.17, 15) is 14.9 Å². The van der Waals surface area contributed by atoms with Crippen molar-refractivity contribution in [2.24, 2.45) is 5.10 Å². The molecule has 0 aliphatic rings. The lowest BCUT2D eigenvalue weighted by Crippen LogP contribution is -2.20. The number of amides is 1. The number of hydrogen-bond donors (Lipinski definition) is 1. The normalized spacial score (nSPS) is 10.8. The molecule has 0 atom stereocenters. The maximum atomic E-state index is 12.2. The summed E-state index contributed by atoms with van der Waals surface area (Å²) in [5.41, 5.74) is 4.24. The molecule has 1 amide bonds. The number of benzene rings is 3. The minimum Gasteiger partial charge on any atom is -0.493 e. The number of rotatable bonds is 9. The Morgan fingerprint density at radius 1 is 1.21 bits per heavy atom. The van der Waals surface area contributed by atoms with Crippen molar-refractivity contribution in [1.29, 1.82) is 0 Å². The van der Waals surface area contributed by atoms with E-state index in [1.165, 1.54) is 25.5 Å². The van der Waals surface area contributed by atoms with Crippen molar-refractivity contribution in [1.82, 2.24) is 5.43 Å². The Labute approximate surface area is 208 Å². The number of para-hydroxylation sites is 1. The number of nitrogens with zero attached hydrogens (tertiary/aromatic N) is 2. The van der Waals surface area contributed by atoms with Gasteiger partial charge in [0.1, 0.15) is 6.61 Å². The van der Waals surface area contributed by atoms with E-state index < -0.39 is 10.8 Å². The molecule has 8 nitrogen and oxygen atoms in total. The number of hydrazone groups is 1. The van der Waals surface area contributed by atoms with E-state index in [2.05, 4.69) is 33.1 Å². The van der Waals surface area contributed by atoms with Gasteiger partial charge in [-0.25, -0.2) is 5.43 Å². The van der Waals surface area contributed by atoms with Crippen LogP contribution < -0.4 is 14.9 Å². The summed E-state index contributed by atoms with van der Waals surface area (Å²) in [5.74, 6) is 0.638. The Kier molecular flexibility index (Phi) is 8.61. The minimum absolute atomic E-state index is 0.106. The first kappa shape index (κ1) is 24.5. The van der Waals surface area contributed by atoms with E-state index in [0.29, 0.717) is 34.3 Å². The second kappa shape index (κ2) is 11.6. The first-order chi connectivity index (χ1) is 15.9. The molecule has 0 saturated heterocycles. The van der Waals surface area contributed by atoms with Crippen LogP contribution in [-0.4, -0.2) is 24.2 Å². The van der Waals surface area contributed by atoms with Gasteiger partial charge in [0.25, 0.3) is 5.69 Å². The molecule has 0 bridgehead atoms. The molecule has 0 unspecified atom stereocenters. The standard InChI is InChI=1S/C23H19ClIN3O5/c1-32-21-11-16(10-19(25)23(21)33-14-15-6-8-18(24)9-7-15)13-26-27-22(29)12-17-4-2-3-5-20(17)28(30)31/h2-11,13H,12,14H2,1H3,(H,27,29)/b26-13-. The second-order valence-corrected chi connectivity index (χ2v) is 8.40. The van der Waals surface area contributed by atoms with Crippen molar-refractivity contribution in [2.75, 3.05) is 7.11 Å². The zero-order chi connectivity index (χ0) is 23.8. The van der Waals surface area contributed by atoms with Crippen LogP contribution in [0.4, 0.5) is 5.69 Å². The third-order valence-electron chi connectivity index (χ3n) is 4.49. The summed E-state index contributed by atoms with van der Waals surface area (Å²) in [6, 6.07) is 17.0. The molecule has 0 fully saturated rings. The molecule has 33 heavy (non-hydrogen) atoms. The maximum Gasteiger partial charge on any atom is 0.273 e. The largest absolute Gasteiger partial charge is 0.493 e. The molecule has 0 radical (unpaired) electrons. The molecule has 3 aromatic rings. The molecule has 0 aromatic heterocycles. The highest BCUT2D eigenvalue weighted by Gasteiger charge is 2.15. The highest BCUT2D eigenvalue weighted by Crippen LogP contribution is 2.34. The summed E-state index contributed by atoms with van der Waals surface area (Å²) in [6.07, 6.45) is 1.30. The van der Waals surface area contributed by atoms with Gasteiger partial charge in [0, 0.05) is 16.7 Å². The maximum absolute atomic E-state index is 12.2. The number of ether oxygens (including phenoxy) is 2. The van der Waals surface area contributed by atoms with Gasteiger partial charge in [-0.2, -0.15) is 5.10 Å². The quantitative estimate of drug-likeness (QED) is 0.164. The molecule has 0 aliphatic heterocycles.